The summed E-state index contributed by atoms with van der Waals surface area (Å²) in [5, 5.41) is 0. The van der Waals surface area contributed by atoms with Gasteiger partial charge in [0, 0.05) is 17.6 Å². The van der Waals surface area contributed by atoms with Gasteiger partial charge in [0.1, 0.15) is 0 Å². The van der Waals surface area contributed by atoms with E-state index in [0.717, 1.165) is 18.5 Å². The van der Waals surface area contributed by atoms with Crippen LogP contribution in [-0.2, 0) is 0 Å². The highest BCUT2D eigenvalue weighted by Gasteiger charge is 2.28. The summed E-state index contributed by atoms with van der Waals surface area (Å²) in [5.74, 6) is 0.123. The predicted molar refractivity (Wildman–Crippen MR) is 81.3 cm³/mol. The summed E-state index contributed by atoms with van der Waals surface area (Å²) in [5.41, 5.74) is 0.852. The first kappa shape index (κ1) is 15.7. The molecule has 1 aromatic carbocycles. The molecule has 19 heavy (non-hydrogen) atoms. The van der Waals surface area contributed by atoms with Crippen molar-refractivity contribution >= 4 is 5.91 Å². The van der Waals surface area contributed by atoms with Crippen molar-refractivity contribution in [2.75, 3.05) is 6.54 Å². The van der Waals surface area contributed by atoms with E-state index in [4.69, 9.17) is 0 Å². The molecule has 0 saturated carbocycles. The van der Waals surface area contributed by atoms with Crippen LogP contribution in [0.1, 0.15) is 58.3 Å². The maximum absolute atomic E-state index is 12.6. The van der Waals surface area contributed by atoms with Crippen LogP contribution in [0.5, 0.6) is 0 Å². The maximum Gasteiger partial charge on any atom is 0.254 e. The lowest BCUT2D eigenvalue weighted by Gasteiger charge is -2.37. The van der Waals surface area contributed by atoms with Crippen molar-refractivity contribution < 1.29 is 4.79 Å². The van der Waals surface area contributed by atoms with E-state index in [2.05, 4.69) is 41.5 Å². The van der Waals surface area contributed by atoms with Crippen LogP contribution in [0.25, 0.3) is 0 Å². The van der Waals surface area contributed by atoms with Gasteiger partial charge in [-0.3, -0.25) is 4.79 Å². The van der Waals surface area contributed by atoms with Crippen molar-refractivity contribution in [2.24, 2.45) is 5.41 Å². The molecule has 1 amide bonds. The molecule has 0 atom stereocenters. The third-order valence-corrected chi connectivity index (χ3v) is 3.16. The summed E-state index contributed by atoms with van der Waals surface area (Å²) in [6, 6.07) is 9.54. The Kier molecular flexibility index (Phi) is 4.78. The number of hydrogen-bond acceptors (Lipinski definition) is 1. The lowest BCUT2D eigenvalue weighted by Crippen LogP contribution is -2.46. The molecule has 0 spiro atoms. The molecular weight excluding hydrogens is 234 g/mol. The number of hydrogen-bond donors (Lipinski definition) is 0. The molecule has 0 unspecified atom stereocenters. The Balaban J connectivity index is 2.90. The average Bonchev–Trinajstić information content (AvgIpc) is 2.26. The Hall–Kier alpha value is -1.31. The van der Waals surface area contributed by atoms with Gasteiger partial charge in [-0.05, 0) is 44.7 Å². The highest BCUT2D eigenvalue weighted by molar-refractivity contribution is 5.94. The Labute approximate surface area is 117 Å². The minimum absolute atomic E-state index is 0.123. The molecule has 0 N–H and O–H groups in total. The Morgan fingerprint density at radius 3 is 1.95 bits per heavy atom. The monoisotopic (exact) mass is 261 g/mol. The second-order valence-corrected chi connectivity index (χ2v) is 7.30. The van der Waals surface area contributed by atoms with E-state index in [1.807, 2.05) is 35.2 Å². The minimum atomic E-state index is -0.155. The molecule has 0 aliphatic carbocycles. The summed E-state index contributed by atoms with van der Waals surface area (Å²) in [4.78, 5) is 14.6. The van der Waals surface area contributed by atoms with E-state index >= 15 is 0 Å². The van der Waals surface area contributed by atoms with Crippen LogP contribution >= 0.6 is 0 Å². The maximum atomic E-state index is 12.6. The fourth-order valence-corrected chi connectivity index (χ4v) is 1.93. The fourth-order valence-electron chi connectivity index (χ4n) is 1.93. The Morgan fingerprint density at radius 2 is 1.53 bits per heavy atom. The number of carbonyl (C=O) groups is 1. The zero-order valence-corrected chi connectivity index (χ0v) is 13.2. The van der Waals surface area contributed by atoms with Crippen molar-refractivity contribution in [3.05, 3.63) is 35.9 Å². The smallest absolute Gasteiger partial charge is 0.254 e. The van der Waals surface area contributed by atoms with Crippen molar-refractivity contribution in [1.29, 1.82) is 0 Å². The van der Waals surface area contributed by atoms with Gasteiger partial charge in [-0.2, -0.15) is 0 Å². The molecule has 0 aliphatic heterocycles. The third-order valence-electron chi connectivity index (χ3n) is 3.16. The molecule has 2 nitrogen and oxygen atoms in total. The molecule has 106 valence electrons. The summed E-state index contributed by atoms with van der Waals surface area (Å²) in [6.07, 6.45) is 1.00. The van der Waals surface area contributed by atoms with Crippen LogP contribution in [0.3, 0.4) is 0 Å². The van der Waals surface area contributed by atoms with Gasteiger partial charge in [0.15, 0.2) is 0 Å². The quantitative estimate of drug-likeness (QED) is 0.791. The van der Waals surface area contributed by atoms with Gasteiger partial charge in [-0.1, -0.05) is 39.0 Å². The van der Waals surface area contributed by atoms with Crippen LogP contribution in [0.2, 0.25) is 0 Å². The van der Waals surface area contributed by atoms with Crippen LogP contribution in [0, 0.1) is 5.41 Å². The van der Waals surface area contributed by atoms with E-state index in [-0.39, 0.29) is 16.9 Å². The van der Waals surface area contributed by atoms with Crippen molar-refractivity contribution in [2.45, 2.75) is 53.5 Å². The van der Waals surface area contributed by atoms with Crippen molar-refractivity contribution in [1.82, 2.24) is 4.90 Å². The molecule has 1 rings (SSSR count). The highest BCUT2D eigenvalue weighted by atomic mass is 16.2. The zero-order valence-electron chi connectivity index (χ0n) is 13.2. The fraction of sp³-hybridized carbons (Fsp3) is 0.588. The number of amides is 1. The van der Waals surface area contributed by atoms with Gasteiger partial charge in [-0.15, -0.1) is 0 Å². The molecule has 1 aromatic rings. The Morgan fingerprint density at radius 1 is 1.00 bits per heavy atom. The van der Waals surface area contributed by atoms with Crippen molar-refractivity contribution in [3.63, 3.8) is 0 Å². The number of rotatable bonds is 3. The van der Waals surface area contributed by atoms with E-state index in [9.17, 15) is 4.79 Å². The van der Waals surface area contributed by atoms with Gasteiger partial charge in [0.25, 0.3) is 5.91 Å². The Bertz CT molecular complexity index is 409. The largest absolute Gasteiger partial charge is 0.334 e. The lowest BCUT2D eigenvalue weighted by atomic mass is 9.91. The topological polar surface area (TPSA) is 20.3 Å². The SMILES string of the molecule is CC(C)(C)CCN(C(=O)c1ccccc1)C(C)(C)C. The molecule has 2 heteroatoms. The molecule has 0 saturated heterocycles. The predicted octanol–water partition coefficient (Wildman–Crippen LogP) is 4.36. The number of benzene rings is 1. The lowest BCUT2D eigenvalue weighted by molar-refractivity contribution is 0.0552. The normalized spacial score (nSPS) is 12.3. The molecular formula is C17H27NO. The van der Waals surface area contributed by atoms with Gasteiger partial charge in [0.2, 0.25) is 0 Å². The number of carbonyl (C=O) groups excluding carboxylic acids is 1. The zero-order chi connectivity index (χ0) is 14.7. The van der Waals surface area contributed by atoms with Crippen LogP contribution in [0.15, 0.2) is 30.3 Å². The summed E-state index contributed by atoms with van der Waals surface area (Å²) in [6.45, 7) is 13.7. The molecule has 0 bridgehead atoms. The third kappa shape index (κ3) is 5.06. The molecule has 0 radical (unpaired) electrons. The van der Waals surface area contributed by atoms with E-state index in [0.29, 0.717) is 0 Å². The van der Waals surface area contributed by atoms with Gasteiger partial charge in [0.05, 0.1) is 0 Å². The average molecular weight is 261 g/mol. The molecule has 0 fully saturated rings. The summed E-state index contributed by atoms with van der Waals surface area (Å²) in [7, 11) is 0. The second kappa shape index (κ2) is 5.77. The van der Waals surface area contributed by atoms with Gasteiger partial charge < -0.3 is 4.90 Å². The first-order valence-corrected chi connectivity index (χ1v) is 6.98. The van der Waals surface area contributed by atoms with E-state index < -0.39 is 0 Å². The first-order valence-electron chi connectivity index (χ1n) is 6.98. The van der Waals surface area contributed by atoms with Crippen LogP contribution < -0.4 is 0 Å². The standard InChI is InChI=1S/C17H27NO/c1-16(2,3)12-13-18(17(4,5)6)15(19)14-10-8-7-9-11-14/h7-11H,12-13H2,1-6H3. The van der Waals surface area contributed by atoms with Crippen LogP contribution in [0.4, 0.5) is 0 Å². The minimum Gasteiger partial charge on any atom is -0.334 e. The van der Waals surface area contributed by atoms with Crippen LogP contribution in [-0.4, -0.2) is 22.9 Å². The molecule has 0 aliphatic rings. The highest BCUT2D eigenvalue weighted by Crippen LogP contribution is 2.24. The first-order chi connectivity index (χ1) is 8.61. The summed E-state index contributed by atoms with van der Waals surface area (Å²) < 4.78 is 0. The number of nitrogens with zero attached hydrogens (tertiary/aromatic N) is 1. The van der Waals surface area contributed by atoms with Gasteiger partial charge >= 0.3 is 0 Å². The molecule has 0 heterocycles. The van der Waals surface area contributed by atoms with E-state index in [1.165, 1.54) is 0 Å². The van der Waals surface area contributed by atoms with Gasteiger partial charge in [-0.25, -0.2) is 0 Å². The summed E-state index contributed by atoms with van der Waals surface area (Å²) >= 11 is 0. The second-order valence-electron chi connectivity index (χ2n) is 7.30. The van der Waals surface area contributed by atoms with E-state index in [1.54, 1.807) is 0 Å². The molecule has 0 aromatic heterocycles. The van der Waals surface area contributed by atoms with Crippen molar-refractivity contribution in [3.8, 4) is 0 Å².